The van der Waals surface area contributed by atoms with E-state index < -0.39 is 35.0 Å². The molecule has 3 fully saturated rings. The van der Waals surface area contributed by atoms with E-state index in [2.05, 4.69) is 31.2 Å². The van der Waals surface area contributed by atoms with Gasteiger partial charge in [-0.3, -0.25) is 29.0 Å². The first-order valence-electron chi connectivity index (χ1n) is 18.7. The maximum absolute atomic E-state index is 15.4. The number of hydrogen-bond donors (Lipinski definition) is 4. The molecule has 3 heterocycles. The highest BCUT2D eigenvalue weighted by Gasteiger charge is 2.52. The zero-order chi connectivity index (χ0) is 40.3. The Hall–Kier alpha value is -3.82. The Bertz CT molecular complexity index is 1740. The molecule has 0 radical (unpaired) electrons. The van der Waals surface area contributed by atoms with Gasteiger partial charge in [0.1, 0.15) is 11.4 Å². The number of halogens is 5. The number of likely N-dealkylation sites (tertiary alicyclic amines) is 2. The van der Waals surface area contributed by atoms with Crippen molar-refractivity contribution in [3.05, 3.63) is 63.7 Å². The maximum atomic E-state index is 15.4. The summed E-state index contributed by atoms with van der Waals surface area (Å²) in [6.45, 7) is 13.6. The van der Waals surface area contributed by atoms with E-state index in [4.69, 9.17) is 11.6 Å². The number of nitrogens with one attached hydrogen (secondary N) is 4. The number of benzene rings is 1. The molecule has 2 aliphatic heterocycles. The van der Waals surface area contributed by atoms with E-state index >= 15 is 4.39 Å². The predicted molar refractivity (Wildman–Crippen MR) is 200 cm³/mol. The van der Waals surface area contributed by atoms with Crippen molar-refractivity contribution in [1.29, 1.82) is 0 Å². The number of rotatable bonds is 13. The summed E-state index contributed by atoms with van der Waals surface area (Å²) in [5.41, 5.74) is -2.07. The molecule has 0 bridgehead atoms. The Morgan fingerprint density at radius 3 is 2.07 bits per heavy atom. The number of carbonyl (C=O) groups is 4. The van der Waals surface area contributed by atoms with Crippen LogP contribution in [0.4, 0.5) is 17.6 Å². The average molecular weight is 794 g/mol. The number of alkyl halides is 3. The van der Waals surface area contributed by atoms with Gasteiger partial charge in [0.2, 0.25) is 11.8 Å². The van der Waals surface area contributed by atoms with E-state index in [9.17, 15) is 32.3 Å². The van der Waals surface area contributed by atoms with Gasteiger partial charge in [0.15, 0.2) is 5.82 Å². The smallest absolute Gasteiger partial charge is 0.352 e. The standard InChI is InChI=1S/C39H52ClF4N7O4/c1-36(2,3)48-30(52)20-50-13-11-24(12-14-50)18-45-34(54)27-10-9-26(32(40)33(27)41)17-37(4,5)49-31(53)21-51-22-38(23-51)15-25(16-38)19-46-35(55)28-7-6-8-29(47-28)39(42,43)44/h6-10,24-25H,11-23H2,1-5H3,(H,45,54)(H,46,55)(H,48,52)(H,49,53). The van der Waals surface area contributed by atoms with Gasteiger partial charge < -0.3 is 21.3 Å². The van der Waals surface area contributed by atoms with Crippen molar-refractivity contribution in [2.45, 2.75) is 84.0 Å². The molecule has 1 aliphatic carbocycles. The van der Waals surface area contributed by atoms with Crippen molar-refractivity contribution in [2.24, 2.45) is 17.3 Å². The van der Waals surface area contributed by atoms with Crippen LogP contribution in [-0.4, -0.2) is 102 Å². The Morgan fingerprint density at radius 2 is 1.44 bits per heavy atom. The largest absolute Gasteiger partial charge is 0.433 e. The fourth-order valence-corrected chi connectivity index (χ4v) is 8.24. The van der Waals surface area contributed by atoms with Gasteiger partial charge in [-0.1, -0.05) is 23.7 Å². The molecule has 4 amide bonds. The SMILES string of the molecule is CC(C)(C)NC(=O)CN1CCC(CNC(=O)c2ccc(CC(C)(C)NC(=O)CN3CC4(CC(CNC(=O)c5cccc(C(F)(F)F)n5)C4)C3)c(Cl)c2F)CC1. The van der Waals surface area contributed by atoms with Crippen molar-refractivity contribution in [3.8, 4) is 0 Å². The van der Waals surface area contributed by atoms with Crippen LogP contribution >= 0.6 is 11.6 Å². The summed E-state index contributed by atoms with van der Waals surface area (Å²) in [7, 11) is 0. The molecule has 0 unspecified atom stereocenters. The van der Waals surface area contributed by atoms with Crippen molar-refractivity contribution in [3.63, 3.8) is 0 Å². The van der Waals surface area contributed by atoms with E-state index in [1.54, 1.807) is 6.07 Å². The molecule has 3 aliphatic rings. The summed E-state index contributed by atoms with van der Waals surface area (Å²) < 4.78 is 54.2. The van der Waals surface area contributed by atoms with Gasteiger partial charge in [0.25, 0.3) is 11.8 Å². The minimum atomic E-state index is -4.63. The molecule has 1 aromatic heterocycles. The lowest BCUT2D eigenvalue weighted by Gasteiger charge is -2.59. The lowest BCUT2D eigenvalue weighted by molar-refractivity contribution is -0.141. The Labute approximate surface area is 324 Å². The fraction of sp³-hybridized carbons (Fsp3) is 0.615. The maximum Gasteiger partial charge on any atom is 0.433 e. The highest BCUT2D eigenvalue weighted by Crippen LogP contribution is 2.51. The van der Waals surface area contributed by atoms with Crippen LogP contribution in [0, 0.1) is 23.1 Å². The van der Waals surface area contributed by atoms with E-state index in [-0.39, 0.29) is 63.8 Å². The monoisotopic (exact) mass is 793 g/mol. The average Bonchev–Trinajstić information content (AvgIpc) is 3.04. The summed E-state index contributed by atoms with van der Waals surface area (Å²) in [6.07, 6.45) is -1.11. The van der Waals surface area contributed by atoms with Crippen LogP contribution in [0.1, 0.15) is 92.4 Å². The summed E-state index contributed by atoms with van der Waals surface area (Å²) >= 11 is 6.43. The Morgan fingerprint density at radius 1 is 0.836 bits per heavy atom. The number of carbonyl (C=O) groups excluding carboxylic acids is 4. The first kappa shape index (κ1) is 42.3. The molecule has 1 aromatic carbocycles. The van der Waals surface area contributed by atoms with Gasteiger partial charge in [0, 0.05) is 37.3 Å². The zero-order valence-corrected chi connectivity index (χ0v) is 32.9. The Kier molecular flexibility index (Phi) is 12.9. The minimum absolute atomic E-state index is 0.0171. The third-order valence-electron chi connectivity index (χ3n) is 10.4. The summed E-state index contributed by atoms with van der Waals surface area (Å²) in [5.74, 6) is -1.81. The highest BCUT2D eigenvalue weighted by molar-refractivity contribution is 6.32. The summed E-state index contributed by atoms with van der Waals surface area (Å²) in [5, 5.41) is 11.3. The van der Waals surface area contributed by atoms with Crippen LogP contribution in [0.15, 0.2) is 30.3 Å². The van der Waals surface area contributed by atoms with Gasteiger partial charge in [0.05, 0.1) is 23.7 Å². The Balaban J connectivity index is 0.997. The van der Waals surface area contributed by atoms with Crippen molar-refractivity contribution >= 4 is 35.2 Å². The first-order chi connectivity index (χ1) is 25.6. The second-order valence-electron chi connectivity index (χ2n) is 17.3. The van der Waals surface area contributed by atoms with Crippen molar-refractivity contribution in [2.75, 3.05) is 52.4 Å². The molecule has 2 saturated heterocycles. The van der Waals surface area contributed by atoms with Crippen LogP contribution in [-0.2, 0) is 22.2 Å². The zero-order valence-electron chi connectivity index (χ0n) is 32.1. The topological polar surface area (TPSA) is 136 Å². The van der Waals surface area contributed by atoms with Gasteiger partial charge in [-0.05, 0) is 121 Å². The van der Waals surface area contributed by atoms with E-state index in [0.717, 1.165) is 64.0 Å². The number of amides is 4. The van der Waals surface area contributed by atoms with Crippen LogP contribution in [0.2, 0.25) is 5.02 Å². The van der Waals surface area contributed by atoms with Crippen molar-refractivity contribution < 1.29 is 36.7 Å². The lowest BCUT2D eigenvalue weighted by atomic mass is 9.57. The molecule has 5 rings (SSSR count). The second-order valence-corrected chi connectivity index (χ2v) is 17.7. The van der Waals surface area contributed by atoms with E-state index in [1.807, 2.05) is 39.5 Å². The van der Waals surface area contributed by atoms with Gasteiger partial charge >= 0.3 is 6.18 Å². The van der Waals surface area contributed by atoms with Crippen LogP contribution in [0.3, 0.4) is 0 Å². The molecular formula is C39H52ClF4N7O4. The quantitative estimate of drug-likeness (QED) is 0.214. The molecule has 11 nitrogen and oxygen atoms in total. The van der Waals surface area contributed by atoms with Gasteiger partial charge in [-0.2, -0.15) is 13.2 Å². The molecule has 1 spiro atoms. The molecule has 1 saturated carbocycles. The molecule has 302 valence electrons. The number of aromatic nitrogens is 1. The molecular weight excluding hydrogens is 742 g/mol. The third-order valence-corrected chi connectivity index (χ3v) is 10.8. The normalized spacial score (nSPS) is 18.3. The minimum Gasteiger partial charge on any atom is -0.352 e. The molecule has 4 N–H and O–H groups in total. The van der Waals surface area contributed by atoms with Crippen LogP contribution in [0.25, 0.3) is 0 Å². The van der Waals surface area contributed by atoms with E-state index in [1.165, 1.54) is 12.1 Å². The molecule has 55 heavy (non-hydrogen) atoms. The lowest BCUT2D eigenvalue weighted by Crippen LogP contribution is -2.65. The summed E-state index contributed by atoms with van der Waals surface area (Å²) in [6, 6.07) is 6.26. The predicted octanol–water partition coefficient (Wildman–Crippen LogP) is 4.83. The first-order valence-corrected chi connectivity index (χ1v) is 19.1. The molecule has 0 atom stereocenters. The summed E-state index contributed by atoms with van der Waals surface area (Å²) in [4.78, 5) is 58.1. The van der Waals surface area contributed by atoms with Crippen molar-refractivity contribution in [1.82, 2.24) is 36.1 Å². The number of nitrogens with zero attached hydrogens (tertiary/aromatic N) is 3. The second kappa shape index (κ2) is 16.7. The molecule has 16 heteroatoms. The fourth-order valence-electron chi connectivity index (χ4n) is 8.01. The van der Waals surface area contributed by atoms with Gasteiger partial charge in [-0.25, -0.2) is 9.37 Å². The number of hydrogen-bond acceptors (Lipinski definition) is 7. The van der Waals surface area contributed by atoms with Gasteiger partial charge in [-0.15, -0.1) is 0 Å². The van der Waals surface area contributed by atoms with Crippen LogP contribution < -0.4 is 21.3 Å². The highest BCUT2D eigenvalue weighted by atomic mass is 35.5. The van der Waals surface area contributed by atoms with E-state index in [0.29, 0.717) is 25.2 Å². The molecule has 2 aromatic rings. The third kappa shape index (κ3) is 11.6. The van der Waals surface area contributed by atoms with Crippen LogP contribution in [0.5, 0.6) is 0 Å². The number of piperidine rings is 1. The number of pyridine rings is 1.